The lowest BCUT2D eigenvalue weighted by Gasteiger charge is -2.39. The molecular formula is C27H36N4O2S. The molecule has 1 amide bonds. The van der Waals surface area contributed by atoms with Gasteiger partial charge in [0, 0.05) is 23.5 Å². The van der Waals surface area contributed by atoms with Gasteiger partial charge in [-0.25, -0.2) is 0 Å². The summed E-state index contributed by atoms with van der Waals surface area (Å²) in [4.78, 5) is 27.8. The van der Waals surface area contributed by atoms with E-state index >= 15 is 0 Å². The number of carbonyl (C=O) groups excluding carboxylic acids is 2. The number of nitrogens with zero attached hydrogens (tertiary/aromatic N) is 3. The summed E-state index contributed by atoms with van der Waals surface area (Å²) in [6.45, 7) is 8.58. The highest BCUT2D eigenvalue weighted by Crippen LogP contribution is 2.46. The van der Waals surface area contributed by atoms with Crippen LogP contribution < -0.4 is 5.32 Å². The van der Waals surface area contributed by atoms with Crippen LogP contribution in [0.5, 0.6) is 0 Å². The molecule has 34 heavy (non-hydrogen) atoms. The van der Waals surface area contributed by atoms with Crippen LogP contribution in [-0.2, 0) is 9.59 Å². The van der Waals surface area contributed by atoms with Crippen molar-refractivity contribution < 1.29 is 9.59 Å². The van der Waals surface area contributed by atoms with Crippen molar-refractivity contribution in [3.8, 4) is 6.07 Å². The number of thiocarbonyl (C=S) groups is 1. The van der Waals surface area contributed by atoms with Gasteiger partial charge in [-0.15, -0.1) is 0 Å². The number of Topliss-reactive ketones (excluding diaryl/α,β-unsaturated/α-hetero) is 1. The fraction of sp³-hybridized carbons (Fsp3) is 0.630. The second kappa shape index (κ2) is 10.1. The van der Waals surface area contributed by atoms with Gasteiger partial charge in [0.15, 0.2) is 5.78 Å². The van der Waals surface area contributed by atoms with Crippen molar-refractivity contribution in [2.75, 3.05) is 0 Å². The van der Waals surface area contributed by atoms with Crippen LogP contribution in [0.1, 0.15) is 88.3 Å². The Labute approximate surface area is 208 Å². The predicted molar refractivity (Wildman–Crippen MR) is 137 cm³/mol. The third-order valence-corrected chi connectivity index (χ3v) is 8.52. The molecule has 0 radical (unpaired) electrons. The Morgan fingerprint density at radius 1 is 1.12 bits per heavy atom. The maximum atomic E-state index is 12.5. The highest BCUT2D eigenvalue weighted by molar-refractivity contribution is 7.80. The van der Waals surface area contributed by atoms with Gasteiger partial charge < -0.3 is 9.88 Å². The number of hydrogen-bond donors (Lipinski definition) is 1. The lowest BCUT2D eigenvalue weighted by Crippen LogP contribution is -2.43. The first kappa shape index (κ1) is 24.8. The Hall–Kier alpha value is -2.30. The lowest BCUT2D eigenvalue weighted by atomic mass is 9.92. The molecule has 6 nitrogen and oxygen atoms in total. The topological polar surface area (TPSA) is 78.1 Å². The van der Waals surface area contributed by atoms with Gasteiger partial charge in [-0.1, -0.05) is 51.2 Å². The quantitative estimate of drug-likeness (QED) is 0.374. The number of amides is 1. The van der Waals surface area contributed by atoms with Crippen LogP contribution in [0.15, 0.2) is 11.6 Å². The van der Waals surface area contributed by atoms with Crippen LogP contribution in [0.4, 0.5) is 0 Å². The zero-order chi connectivity index (χ0) is 24.6. The fourth-order valence-corrected chi connectivity index (χ4v) is 6.52. The zero-order valence-electron chi connectivity index (χ0n) is 20.8. The molecule has 1 aromatic heterocycles. The van der Waals surface area contributed by atoms with E-state index in [0.717, 1.165) is 17.0 Å². The number of nitrogens with one attached hydrogen (secondary N) is 1. The minimum absolute atomic E-state index is 0.0463. The van der Waals surface area contributed by atoms with Gasteiger partial charge >= 0.3 is 0 Å². The van der Waals surface area contributed by atoms with Crippen molar-refractivity contribution in [1.82, 2.24) is 14.8 Å². The van der Waals surface area contributed by atoms with Crippen molar-refractivity contribution in [2.24, 2.45) is 11.8 Å². The molecule has 0 spiro atoms. The number of carbonyl (C=O) groups is 2. The minimum atomic E-state index is -0.430. The molecule has 4 unspecified atom stereocenters. The van der Waals surface area contributed by atoms with Gasteiger partial charge in [-0.2, -0.15) is 5.26 Å². The van der Waals surface area contributed by atoms with Gasteiger partial charge in [0.05, 0.1) is 29.0 Å². The molecule has 3 aliphatic rings. The second-order valence-electron chi connectivity index (χ2n) is 10.3. The van der Waals surface area contributed by atoms with Crippen LogP contribution in [-0.4, -0.2) is 38.2 Å². The molecule has 4 rings (SSSR count). The van der Waals surface area contributed by atoms with Crippen LogP contribution in [0.3, 0.4) is 0 Å². The summed E-state index contributed by atoms with van der Waals surface area (Å²) in [5.41, 5.74) is 3.04. The number of aromatic nitrogens is 1. The molecular weight excluding hydrogens is 444 g/mol. The summed E-state index contributed by atoms with van der Waals surface area (Å²) in [5, 5.41) is 12.8. The molecule has 4 atom stereocenters. The first-order valence-corrected chi connectivity index (χ1v) is 13.1. The Kier molecular flexibility index (Phi) is 7.39. The Morgan fingerprint density at radius 3 is 2.38 bits per heavy atom. The normalized spacial score (nSPS) is 30.8. The third kappa shape index (κ3) is 4.50. The van der Waals surface area contributed by atoms with E-state index in [1.54, 1.807) is 6.08 Å². The minimum Gasteiger partial charge on any atom is -0.331 e. The number of aryl methyl sites for hydroxylation is 1. The first-order valence-electron chi connectivity index (χ1n) is 12.7. The average molecular weight is 481 g/mol. The highest BCUT2D eigenvalue weighted by Gasteiger charge is 2.49. The Balaban J connectivity index is 1.75. The van der Waals surface area contributed by atoms with Gasteiger partial charge in [-0.3, -0.25) is 14.5 Å². The van der Waals surface area contributed by atoms with Crippen molar-refractivity contribution in [1.29, 1.82) is 5.26 Å². The molecule has 3 fully saturated rings. The van der Waals surface area contributed by atoms with Crippen molar-refractivity contribution >= 4 is 35.0 Å². The molecule has 7 heteroatoms. The molecule has 2 saturated heterocycles. The van der Waals surface area contributed by atoms with E-state index in [1.165, 1.54) is 44.9 Å². The van der Waals surface area contributed by atoms with Gasteiger partial charge in [-0.05, 0) is 57.2 Å². The summed E-state index contributed by atoms with van der Waals surface area (Å²) >= 11 is 5.02. The van der Waals surface area contributed by atoms with E-state index in [2.05, 4.69) is 41.6 Å². The number of piperidine rings is 1. The third-order valence-electron chi connectivity index (χ3n) is 8.28. The van der Waals surface area contributed by atoms with Crippen molar-refractivity contribution in [3.63, 3.8) is 0 Å². The number of nitriles is 1. The highest BCUT2D eigenvalue weighted by atomic mass is 32.1. The van der Waals surface area contributed by atoms with Crippen LogP contribution in [0.2, 0.25) is 0 Å². The van der Waals surface area contributed by atoms with E-state index in [4.69, 9.17) is 12.2 Å². The van der Waals surface area contributed by atoms with Crippen molar-refractivity contribution in [2.45, 2.75) is 97.3 Å². The SMILES string of the molecule is Cc1cc(/C=C2\C(=O)CC(=S)NC2=O)c(C)n1C1C(C#N)C(C)C(C)N1C1CCCCCCC1. The summed E-state index contributed by atoms with van der Waals surface area (Å²) in [7, 11) is 0. The Bertz CT molecular complexity index is 1040. The maximum Gasteiger partial charge on any atom is 0.259 e. The first-order chi connectivity index (χ1) is 16.2. The number of rotatable bonds is 3. The molecule has 0 bridgehead atoms. The number of hydrogen-bond acceptors (Lipinski definition) is 5. The van der Waals surface area contributed by atoms with Crippen LogP contribution in [0, 0.1) is 37.0 Å². The van der Waals surface area contributed by atoms with E-state index in [-0.39, 0.29) is 40.8 Å². The maximum absolute atomic E-state index is 12.5. The Morgan fingerprint density at radius 2 is 1.76 bits per heavy atom. The molecule has 1 aromatic rings. The average Bonchev–Trinajstić information content (AvgIpc) is 3.16. The summed E-state index contributed by atoms with van der Waals surface area (Å²) in [6.07, 6.45) is 10.5. The van der Waals surface area contributed by atoms with Gasteiger partial charge in [0.2, 0.25) is 0 Å². The molecule has 3 heterocycles. The molecule has 1 aliphatic carbocycles. The number of likely N-dealkylation sites (tertiary alicyclic amines) is 1. The van der Waals surface area contributed by atoms with Crippen molar-refractivity contribution in [3.05, 3.63) is 28.6 Å². The fourth-order valence-electron chi connectivity index (χ4n) is 6.29. The van der Waals surface area contributed by atoms with Crippen LogP contribution in [0.25, 0.3) is 6.08 Å². The molecule has 0 aromatic carbocycles. The number of ketones is 1. The lowest BCUT2D eigenvalue weighted by molar-refractivity contribution is -0.122. The largest absolute Gasteiger partial charge is 0.331 e. The monoisotopic (exact) mass is 480 g/mol. The smallest absolute Gasteiger partial charge is 0.259 e. The van der Waals surface area contributed by atoms with Crippen LogP contribution >= 0.6 is 12.2 Å². The van der Waals surface area contributed by atoms with Gasteiger partial charge in [0.25, 0.3) is 5.91 Å². The summed E-state index contributed by atoms with van der Waals surface area (Å²) < 4.78 is 2.29. The zero-order valence-corrected chi connectivity index (χ0v) is 21.6. The predicted octanol–water partition coefficient (Wildman–Crippen LogP) is 5.00. The van der Waals surface area contributed by atoms with Gasteiger partial charge in [0.1, 0.15) is 6.17 Å². The molecule has 2 aliphatic heterocycles. The standard InChI is InChI=1S/C27H36N4O2S/c1-16-12-20(13-22-24(32)14-25(34)29-26(22)33)19(4)30(16)27-23(15-28)17(2)18(3)31(27)21-10-8-6-5-7-9-11-21/h12-13,17-18,21,23,27H,5-11,14H2,1-4H3,(H,29,33,34)/b22-13+. The van der Waals surface area contributed by atoms with E-state index in [0.29, 0.717) is 12.1 Å². The summed E-state index contributed by atoms with van der Waals surface area (Å²) in [6, 6.07) is 5.46. The summed E-state index contributed by atoms with van der Waals surface area (Å²) in [5.74, 6) is -0.536. The molecule has 1 N–H and O–H groups in total. The molecule has 1 saturated carbocycles. The second-order valence-corrected chi connectivity index (χ2v) is 10.8. The molecule has 182 valence electrons. The van der Waals surface area contributed by atoms with E-state index < -0.39 is 5.91 Å². The van der Waals surface area contributed by atoms with E-state index in [1.807, 2.05) is 13.0 Å². The van der Waals surface area contributed by atoms with E-state index in [9.17, 15) is 14.9 Å².